The Labute approximate surface area is 154 Å². The first-order valence-electron chi connectivity index (χ1n) is 8.91. The number of ether oxygens (including phenoxy) is 1. The number of hydrazine groups is 1. The minimum atomic E-state index is 0.630. The van der Waals surface area contributed by atoms with E-state index in [1.165, 1.54) is 12.8 Å². The van der Waals surface area contributed by atoms with Crippen LogP contribution >= 0.6 is 11.6 Å². The van der Waals surface area contributed by atoms with E-state index in [0.29, 0.717) is 5.02 Å². The summed E-state index contributed by atoms with van der Waals surface area (Å²) in [7, 11) is 1.64. The Hall–Kier alpha value is -1.85. The number of anilines is 1. The number of benzene rings is 1. The molecule has 25 heavy (non-hydrogen) atoms. The lowest BCUT2D eigenvalue weighted by atomic mass is 10.1. The number of halogens is 1. The van der Waals surface area contributed by atoms with Gasteiger partial charge < -0.3 is 10.2 Å². The van der Waals surface area contributed by atoms with Gasteiger partial charge in [-0.3, -0.25) is 0 Å². The molecule has 0 saturated carbocycles. The van der Waals surface area contributed by atoms with Gasteiger partial charge in [0.05, 0.1) is 29.2 Å². The summed E-state index contributed by atoms with van der Waals surface area (Å²) in [6.45, 7) is 6.30. The lowest BCUT2D eigenvalue weighted by Gasteiger charge is -2.20. The van der Waals surface area contributed by atoms with Crippen molar-refractivity contribution >= 4 is 17.4 Å². The normalized spacial score (nSPS) is 14.7. The largest absolute Gasteiger partial charge is 0.497 e. The molecule has 0 unspecified atom stereocenters. The van der Waals surface area contributed by atoms with E-state index in [1.54, 1.807) is 7.11 Å². The summed E-state index contributed by atoms with van der Waals surface area (Å²) in [6.07, 6.45) is 4.06. The quantitative estimate of drug-likeness (QED) is 0.829. The molecule has 1 aromatic carbocycles. The summed E-state index contributed by atoms with van der Waals surface area (Å²) in [5, 5.41) is 2.86. The number of rotatable bonds is 6. The molecule has 1 N–H and O–H groups in total. The lowest BCUT2D eigenvalue weighted by molar-refractivity contribution is 0.407. The van der Waals surface area contributed by atoms with Crippen molar-refractivity contribution in [3.05, 3.63) is 34.6 Å². The SMILES string of the molecule is CCc1nc(-c2ccc(OC)cc2Cl)c(CC)nc1NN1CCCC1. The Balaban J connectivity index is 2.01. The predicted molar refractivity (Wildman–Crippen MR) is 102 cm³/mol. The molecule has 0 spiro atoms. The van der Waals surface area contributed by atoms with E-state index in [4.69, 9.17) is 26.3 Å². The van der Waals surface area contributed by atoms with Gasteiger partial charge in [0.25, 0.3) is 0 Å². The number of hydrogen-bond acceptors (Lipinski definition) is 5. The monoisotopic (exact) mass is 360 g/mol. The number of hydrogen-bond donors (Lipinski definition) is 1. The second-order valence-electron chi connectivity index (χ2n) is 6.17. The zero-order valence-corrected chi connectivity index (χ0v) is 15.9. The van der Waals surface area contributed by atoms with Crippen molar-refractivity contribution in [3.8, 4) is 17.0 Å². The number of nitrogens with zero attached hydrogens (tertiary/aromatic N) is 3. The van der Waals surface area contributed by atoms with Crippen molar-refractivity contribution in [2.45, 2.75) is 39.5 Å². The highest BCUT2D eigenvalue weighted by molar-refractivity contribution is 6.33. The Bertz CT molecular complexity index is 744. The molecule has 1 aromatic heterocycles. The third kappa shape index (κ3) is 3.88. The first kappa shape index (κ1) is 18.0. The van der Waals surface area contributed by atoms with Crippen LogP contribution in [0.2, 0.25) is 5.02 Å². The molecule has 1 fully saturated rings. The third-order valence-electron chi connectivity index (χ3n) is 4.51. The summed E-state index contributed by atoms with van der Waals surface area (Å²) >= 11 is 6.47. The van der Waals surface area contributed by atoms with Crippen LogP contribution in [-0.2, 0) is 12.8 Å². The number of aromatic nitrogens is 2. The zero-order chi connectivity index (χ0) is 17.8. The van der Waals surface area contributed by atoms with Gasteiger partial charge in [-0.2, -0.15) is 0 Å². The fourth-order valence-electron chi connectivity index (χ4n) is 3.10. The van der Waals surface area contributed by atoms with Crippen LogP contribution in [0.25, 0.3) is 11.3 Å². The molecule has 0 atom stereocenters. The molecule has 0 bridgehead atoms. The van der Waals surface area contributed by atoms with Crippen LogP contribution in [0.5, 0.6) is 5.75 Å². The second kappa shape index (κ2) is 8.02. The average Bonchev–Trinajstić information content (AvgIpc) is 3.14. The van der Waals surface area contributed by atoms with Crippen LogP contribution in [0.4, 0.5) is 5.82 Å². The summed E-state index contributed by atoms with van der Waals surface area (Å²) in [6, 6.07) is 5.68. The van der Waals surface area contributed by atoms with Crippen LogP contribution < -0.4 is 10.2 Å². The zero-order valence-electron chi connectivity index (χ0n) is 15.1. The maximum absolute atomic E-state index is 6.47. The molecule has 1 aliphatic rings. The van der Waals surface area contributed by atoms with Crippen LogP contribution in [-0.4, -0.2) is 35.2 Å². The van der Waals surface area contributed by atoms with Crippen molar-refractivity contribution in [1.82, 2.24) is 15.0 Å². The number of nitrogens with one attached hydrogen (secondary N) is 1. The molecule has 0 radical (unpaired) electrons. The maximum Gasteiger partial charge on any atom is 0.162 e. The van der Waals surface area contributed by atoms with Crippen molar-refractivity contribution in [2.75, 3.05) is 25.6 Å². The van der Waals surface area contributed by atoms with Gasteiger partial charge in [-0.1, -0.05) is 25.4 Å². The van der Waals surface area contributed by atoms with Crippen LogP contribution in [0.3, 0.4) is 0 Å². The van der Waals surface area contributed by atoms with Crippen molar-refractivity contribution in [3.63, 3.8) is 0 Å². The fourth-order valence-corrected chi connectivity index (χ4v) is 3.36. The topological polar surface area (TPSA) is 50.3 Å². The standard InChI is InChI=1S/C19H25ClN4O/c1-4-16-18(14-9-8-13(25-3)12-15(14)20)21-17(5-2)19(22-16)23-24-10-6-7-11-24/h8-9,12H,4-7,10-11H2,1-3H3,(H,22,23). The number of aryl methyl sites for hydroxylation is 2. The lowest BCUT2D eigenvalue weighted by Crippen LogP contribution is -2.28. The molecule has 3 rings (SSSR count). The summed E-state index contributed by atoms with van der Waals surface area (Å²) in [5.74, 6) is 1.61. The highest BCUT2D eigenvalue weighted by atomic mass is 35.5. The number of methoxy groups -OCH3 is 1. The third-order valence-corrected chi connectivity index (χ3v) is 4.82. The molecule has 2 aromatic rings. The van der Waals surface area contributed by atoms with E-state index < -0.39 is 0 Å². The Morgan fingerprint density at radius 3 is 2.44 bits per heavy atom. The molecular formula is C19H25ClN4O. The van der Waals surface area contributed by atoms with Gasteiger partial charge in [-0.25, -0.2) is 15.0 Å². The average molecular weight is 361 g/mol. The maximum atomic E-state index is 6.47. The Morgan fingerprint density at radius 1 is 1.12 bits per heavy atom. The van der Waals surface area contributed by atoms with Crippen molar-refractivity contribution < 1.29 is 4.74 Å². The molecule has 2 heterocycles. The van der Waals surface area contributed by atoms with Crippen LogP contribution in [0.15, 0.2) is 18.2 Å². The molecule has 0 aliphatic carbocycles. The van der Waals surface area contributed by atoms with E-state index in [9.17, 15) is 0 Å². The molecule has 1 aliphatic heterocycles. The van der Waals surface area contributed by atoms with E-state index in [1.807, 2.05) is 18.2 Å². The summed E-state index contributed by atoms with van der Waals surface area (Å²) < 4.78 is 5.24. The van der Waals surface area contributed by atoms with E-state index in [2.05, 4.69) is 24.3 Å². The van der Waals surface area contributed by atoms with Gasteiger partial charge >= 0.3 is 0 Å². The molecule has 1 saturated heterocycles. The van der Waals surface area contributed by atoms with Gasteiger partial charge in [0.2, 0.25) is 0 Å². The fraction of sp³-hybridized carbons (Fsp3) is 0.474. The van der Waals surface area contributed by atoms with E-state index in [0.717, 1.165) is 60.1 Å². The molecule has 6 heteroatoms. The van der Waals surface area contributed by atoms with Gasteiger partial charge in [0.15, 0.2) is 5.82 Å². The molecule has 0 amide bonds. The second-order valence-corrected chi connectivity index (χ2v) is 6.58. The van der Waals surface area contributed by atoms with Gasteiger partial charge in [0, 0.05) is 18.7 Å². The van der Waals surface area contributed by atoms with Gasteiger partial charge in [0.1, 0.15) is 5.75 Å². The first-order valence-corrected chi connectivity index (χ1v) is 9.29. The predicted octanol–water partition coefficient (Wildman–Crippen LogP) is 4.35. The minimum Gasteiger partial charge on any atom is -0.497 e. The Kier molecular flexibility index (Phi) is 5.76. The summed E-state index contributed by atoms with van der Waals surface area (Å²) in [5.41, 5.74) is 7.12. The summed E-state index contributed by atoms with van der Waals surface area (Å²) in [4.78, 5) is 9.79. The minimum absolute atomic E-state index is 0.630. The highest BCUT2D eigenvalue weighted by Crippen LogP contribution is 2.33. The Morgan fingerprint density at radius 2 is 1.84 bits per heavy atom. The molecule has 5 nitrogen and oxygen atoms in total. The van der Waals surface area contributed by atoms with Crippen LogP contribution in [0, 0.1) is 0 Å². The molecular weight excluding hydrogens is 336 g/mol. The first-order chi connectivity index (χ1) is 12.2. The van der Waals surface area contributed by atoms with Crippen LogP contribution in [0.1, 0.15) is 38.1 Å². The van der Waals surface area contributed by atoms with E-state index in [-0.39, 0.29) is 0 Å². The van der Waals surface area contributed by atoms with Gasteiger partial charge in [-0.05, 0) is 43.9 Å². The molecule has 134 valence electrons. The van der Waals surface area contributed by atoms with E-state index >= 15 is 0 Å². The smallest absolute Gasteiger partial charge is 0.162 e. The highest BCUT2D eigenvalue weighted by Gasteiger charge is 2.18. The van der Waals surface area contributed by atoms with Gasteiger partial charge in [-0.15, -0.1) is 0 Å². The van der Waals surface area contributed by atoms with Crippen molar-refractivity contribution in [2.24, 2.45) is 0 Å². The van der Waals surface area contributed by atoms with Crippen molar-refractivity contribution in [1.29, 1.82) is 0 Å².